The van der Waals surface area contributed by atoms with Gasteiger partial charge in [-0.05, 0) is 76.3 Å². The molecule has 0 aliphatic rings. The van der Waals surface area contributed by atoms with Crippen molar-refractivity contribution in [3.63, 3.8) is 0 Å². The van der Waals surface area contributed by atoms with Crippen LogP contribution in [0.5, 0.6) is 0 Å². The topological polar surface area (TPSA) is 87.7 Å². The van der Waals surface area contributed by atoms with E-state index in [1.807, 2.05) is 64.1 Å². The summed E-state index contributed by atoms with van der Waals surface area (Å²) >= 11 is 0. The summed E-state index contributed by atoms with van der Waals surface area (Å²) in [6.07, 6.45) is 0.859. The van der Waals surface area contributed by atoms with Gasteiger partial charge < -0.3 is 20.3 Å². The number of carbonyl (C=O) groups excluding carboxylic acids is 3. The maximum Gasteiger partial charge on any atom is 0.408 e. The van der Waals surface area contributed by atoms with Gasteiger partial charge in [-0.3, -0.25) is 9.59 Å². The van der Waals surface area contributed by atoms with Crippen molar-refractivity contribution in [3.05, 3.63) is 76.9 Å². The van der Waals surface area contributed by atoms with Crippen LogP contribution in [0.3, 0.4) is 0 Å². The molecule has 2 rings (SSSR count). The summed E-state index contributed by atoms with van der Waals surface area (Å²) in [5, 5.41) is 5.51. The summed E-state index contributed by atoms with van der Waals surface area (Å²) < 4.78 is 5.23. The zero-order valence-electron chi connectivity index (χ0n) is 21.8. The van der Waals surface area contributed by atoms with Gasteiger partial charge in [0.05, 0.1) is 0 Å². The molecule has 0 saturated carbocycles. The Labute approximate surface area is 208 Å². The number of ether oxygens (including phenoxy) is 1. The first-order chi connectivity index (χ1) is 16.3. The number of nitrogens with zero attached hydrogens (tertiary/aromatic N) is 1. The Morgan fingerprint density at radius 3 is 2.17 bits per heavy atom. The first kappa shape index (κ1) is 27.6. The minimum absolute atomic E-state index is 0.118. The minimum Gasteiger partial charge on any atom is -0.444 e. The minimum atomic E-state index is -0.931. The number of hydrogen-bond acceptors (Lipinski definition) is 4. The molecule has 1 atom stereocenters. The highest BCUT2D eigenvalue weighted by atomic mass is 16.6. The first-order valence-corrected chi connectivity index (χ1v) is 11.7. The Morgan fingerprint density at radius 1 is 1.00 bits per heavy atom. The smallest absolute Gasteiger partial charge is 0.408 e. The molecule has 7 heteroatoms. The van der Waals surface area contributed by atoms with E-state index in [0.717, 1.165) is 22.3 Å². The normalized spacial score (nSPS) is 11.9. The van der Waals surface area contributed by atoms with Crippen LogP contribution in [0.1, 0.15) is 54.6 Å². The van der Waals surface area contributed by atoms with Crippen molar-refractivity contribution >= 4 is 23.6 Å². The fraction of sp³-hybridized carbons (Fsp3) is 0.393. The SMILES string of the molecule is C=CCN(C(=O)CNC(=O)OC(C)(C)C)C(C(=O)Nc1c(C)cccc1C)c1ccc(C)c(C)c1. The summed E-state index contributed by atoms with van der Waals surface area (Å²) in [5.41, 5.74) is 4.62. The molecule has 0 aliphatic carbocycles. The molecule has 188 valence electrons. The van der Waals surface area contributed by atoms with Crippen LogP contribution < -0.4 is 10.6 Å². The van der Waals surface area contributed by atoms with Gasteiger partial charge in [0.25, 0.3) is 5.91 Å². The second-order valence-corrected chi connectivity index (χ2v) is 9.69. The zero-order chi connectivity index (χ0) is 26.3. The van der Waals surface area contributed by atoms with Crippen LogP contribution in [-0.4, -0.2) is 41.5 Å². The molecule has 0 radical (unpaired) electrons. The predicted molar refractivity (Wildman–Crippen MR) is 139 cm³/mol. The molecule has 3 amide bonds. The molecule has 0 bridgehead atoms. The number of rotatable bonds is 8. The van der Waals surface area contributed by atoms with E-state index >= 15 is 0 Å². The highest BCUT2D eigenvalue weighted by Crippen LogP contribution is 2.27. The van der Waals surface area contributed by atoms with Crippen LogP contribution in [0.25, 0.3) is 0 Å². The van der Waals surface area contributed by atoms with E-state index in [9.17, 15) is 14.4 Å². The molecule has 7 nitrogen and oxygen atoms in total. The average molecular weight is 480 g/mol. The monoisotopic (exact) mass is 479 g/mol. The Balaban J connectivity index is 2.42. The van der Waals surface area contributed by atoms with Crippen molar-refractivity contribution in [2.24, 2.45) is 0 Å². The number of amides is 3. The van der Waals surface area contributed by atoms with Crippen molar-refractivity contribution in [3.8, 4) is 0 Å². The fourth-order valence-corrected chi connectivity index (χ4v) is 3.66. The number of aryl methyl sites for hydroxylation is 4. The number of hydrogen-bond donors (Lipinski definition) is 2. The fourth-order valence-electron chi connectivity index (χ4n) is 3.66. The average Bonchev–Trinajstić information content (AvgIpc) is 2.75. The van der Waals surface area contributed by atoms with E-state index in [2.05, 4.69) is 17.2 Å². The summed E-state index contributed by atoms with van der Waals surface area (Å²) in [6, 6.07) is 10.5. The molecule has 1 unspecified atom stereocenters. The second-order valence-electron chi connectivity index (χ2n) is 9.69. The number of carbonyl (C=O) groups is 3. The van der Waals surface area contributed by atoms with E-state index < -0.39 is 23.6 Å². The highest BCUT2D eigenvalue weighted by Gasteiger charge is 2.32. The van der Waals surface area contributed by atoms with Crippen molar-refractivity contribution in [1.82, 2.24) is 10.2 Å². The van der Waals surface area contributed by atoms with Crippen LogP contribution >= 0.6 is 0 Å². The van der Waals surface area contributed by atoms with Crippen molar-refractivity contribution < 1.29 is 19.1 Å². The lowest BCUT2D eigenvalue weighted by Gasteiger charge is -2.31. The van der Waals surface area contributed by atoms with Crippen LogP contribution in [0.15, 0.2) is 49.1 Å². The quantitative estimate of drug-likeness (QED) is 0.513. The zero-order valence-corrected chi connectivity index (χ0v) is 21.8. The van der Waals surface area contributed by atoms with Crippen LogP contribution in [0.4, 0.5) is 10.5 Å². The molecule has 2 N–H and O–H groups in total. The van der Waals surface area contributed by atoms with Gasteiger partial charge in [-0.15, -0.1) is 6.58 Å². The lowest BCUT2D eigenvalue weighted by Crippen LogP contribution is -2.46. The van der Waals surface area contributed by atoms with Crippen molar-refractivity contribution in [2.45, 2.75) is 60.1 Å². The van der Waals surface area contributed by atoms with Gasteiger partial charge in [0.15, 0.2) is 0 Å². The molecular weight excluding hydrogens is 442 g/mol. The molecule has 0 heterocycles. The van der Waals surface area contributed by atoms with Gasteiger partial charge in [0.2, 0.25) is 5.91 Å². The molecule has 0 aromatic heterocycles. The summed E-state index contributed by atoms with van der Waals surface area (Å²) in [5.74, 6) is -0.784. The number of alkyl carbamates (subject to hydrolysis) is 1. The number of para-hydroxylation sites is 1. The maximum atomic E-state index is 13.7. The van der Waals surface area contributed by atoms with Crippen LogP contribution in [0, 0.1) is 27.7 Å². The summed E-state index contributed by atoms with van der Waals surface area (Å²) in [6.45, 7) is 16.6. The third kappa shape index (κ3) is 7.70. The Hall–Kier alpha value is -3.61. The summed E-state index contributed by atoms with van der Waals surface area (Å²) in [7, 11) is 0. The van der Waals surface area contributed by atoms with Gasteiger partial charge in [-0.2, -0.15) is 0 Å². The van der Waals surface area contributed by atoms with Crippen LogP contribution in [-0.2, 0) is 14.3 Å². The standard InChI is InChI=1S/C28H37N3O4/c1-9-15-31(23(32)17-29-27(34)35-28(6,7)8)25(22-14-13-18(2)21(5)16-22)26(33)30-24-19(3)11-10-12-20(24)4/h9-14,16,25H,1,15,17H2,2-8H3,(H,29,34)(H,30,33). The maximum absolute atomic E-state index is 13.7. The number of anilines is 1. The molecule has 0 fully saturated rings. The predicted octanol–water partition coefficient (Wildman–Crippen LogP) is 5.14. The highest BCUT2D eigenvalue weighted by molar-refractivity contribution is 5.99. The first-order valence-electron chi connectivity index (χ1n) is 11.7. The third-order valence-corrected chi connectivity index (χ3v) is 5.57. The lowest BCUT2D eigenvalue weighted by atomic mass is 9.98. The Morgan fingerprint density at radius 2 is 1.63 bits per heavy atom. The Kier molecular flexibility index (Phi) is 9.23. The van der Waals surface area contributed by atoms with Crippen LogP contribution in [0.2, 0.25) is 0 Å². The van der Waals surface area contributed by atoms with Crippen molar-refractivity contribution in [1.29, 1.82) is 0 Å². The van der Waals surface area contributed by atoms with E-state index in [1.54, 1.807) is 26.8 Å². The van der Waals surface area contributed by atoms with E-state index in [1.165, 1.54) is 4.90 Å². The Bertz CT molecular complexity index is 1080. The van der Waals surface area contributed by atoms with Gasteiger partial charge in [0, 0.05) is 12.2 Å². The second kappa shape index (κ2) is 11.7. The summed E-state index contributed by atoms with van der Waals surface area (Å²) in [4.78, 5) is 40.5. The lowest BCUT2D eigenvalue weighted by molar-refractivity contribution is -0.137. The van der Waals surface area contributed by atoms with E-state index in [4.69, 9.17) is 4.74 Å². The van der Waals surface area contributed by atoms with Gasteiger partial charge in [0.1, 0.15) is 18.2 Å². The molecule has 2 aromatic carbocycles. The molecule has 2 aromatic rings. The molecule has 35 heavy (non-hydrogen) atoms. The number of benzene rings is 2. The third-order valence-electron chi connectivity index (χ3n) is 5.57. The molecule has 0 spiro atoms. The van der Waals surface area contributed by atoms with Gasteiger partial charge in [-0.1, -0.05) is 42.5 Å². The van der Waals surface area contributed by atoms with Gasteiger partial charge in [-0.25, -0.2) is 4.79 Å². The van der Waals surface area contributed by atoms with Crippen molar-refractivity contribution in [2.75, 3.05) is 18.4 Å². The van der Waals surface area contributed by atoms with Gasteiger partial charge >= 0.3 is 6.09 Å². The molecule has 0 saturated heterocycles. The molecular formula is C28H37N3O4. The van der Waals surface area contributed by atoms with E-state index in [0.29, 0.717) is 11.3 Å². The largest absolute Gasteiger partial charge is 0.444 e. The molecule has 0 aliphatic heterocycles. The number of nitrogens with one attached hydrogen (secondary N) is 2. The van der Waals surface area contributed by atoms with E-state index in [-0.39, 0.29) is 19.0 Å².